The normalized spacial score (nSPS) is 12.5. The van der Waals surface area contributed by atoms with Crippen molar-refractivity contribution in [3.63, 3.8) is 0 Å². The number of fused-ring (bicyclic) bond motifs is 1. The molecule has 118 valence electrons. The second-order valence-electron chi connectivity index (χ2n) is 5.75. The van der Waals surface area contributed by atoms with Crippen molar-refractivity contribution in [1.82, 2.24) is 0 Å². The van der Waals surface area contributed by atoms with Crippen LogP contribution in [0.4, 0.5) is 0 Å². The second-order valence-corrected chi connectivity index (χ2v) is 5.75. The summed E-state index contributed by atoms with van der Waals surface area (Å²) in [5.41, 5.74) is -0.0746. The fourth-order valence-electron chi connectivity index (χ4n) is 2.56. The molecule has 5 heteroatoms. The molecule has 0 bridgehead atoms. The van der Waals surface area contributed by atoms with E-state index in [9.17, 15) is 14.7 Å². The van der Waals surface area contributed by atoms with Gasteiger partial charge in [-0.15, -0.1) is 0 Å². The van der Waals surface area contributed by atoms with E-state index in [0.717, 1.165) is 0 Å². The minimum atomic E-state index is -0.476. The molecule has 1 aromatic carbocycles. The zero-order valence-electron chi connectivity index (χ0n) is 13.0. The van der Waals surface area contributed by atoms with Crippen molar-refractivity contribution < 1.29 is 19.1 Å². The third kappa shape index (κ3) is 3.30. The first-order valence-electron chi connectivity index (χ1n) is 7.25. The van der Waals surface area contributed by atoms with Crippen LogP contribution >= 0.6 is 0 Å². The highest BCUT2D eigenvalue weighted by Crippen LogP contribution is 2.33. The molecule has 0 saturated heterocycles. The summed E-state index contributed by atoms with van der Waals surface area (Å²) in [5.74, 6) is -0.799. The standard InChI is InChI=1S/C17H20O5/c1-10(2)8-11(9-14(18)21-3)17-16(20)15(19)12-6-4-5-7-13(12)22-17/h4-7,10-11,20H,8-9H2,1-3H3/t11-/m1/s1. The molecule has 2 aromatic rings. The van der Waals surface area contributed by atoms with E-state index in [2.05, 4.69) is 0 Å². The maximum Gasteiger partial charge on any atom is 0.306 e. The Labute approximate surface area is 128 Å². The van der Waals surface area contributed by atoms with Gasteiger partial charge in [0.2, 0.25) is 11.2 Å². The highest BCUT2D eigenvalue weighted by Gasteiger charge is 2.26. The van der Waals surface area contributed by atoms with E-state index in [4.69, 9.17) is 9.15 Å². The van der Waals surface area contributed by atoms with Crippen LogP contribution in [-0.4, -0.2) is 18.2 Å². The molecule has 0 amide bonds. The fourth-order valence-corrected chi connectivity index (χ4v) is 2.56. The van der Waals surface area contributed by atoms with Crippen LogP contribution in [-0.2, 0) is 9.53 Å². The molecule has 5 nitrogen and oxygen atoms in total. The molecule has 0 spiro atoms. The lowest BCUT2D eigenvalue weighted by Crippen LogP contribution is -2.14. The summed E-state index contributed by atoms with van der Waals surface area (Å²) < 4.78 is 10.4. The molecule has 1 N–H and O–H groups in total. The number of methoxy groups -OCH3 is 1. The Bertz CT molecular complexity index is 729. The van der Waals surface area contributed by atoms with Gasteiger partial charge in [0.25, 0.3) is 0 Å². The monoisotopic (exact) mass is 304 g/mol. The molecule has 0 aliphatic heterocycles. The van der Waals surface area contributed by atoms with Crippen molar-refractivity contribution in [2.24, 2.45) is 5.92 Å². The van der Waals surface area contributed by atoms with Crippen molar-refractivity contribution >= 4 is 16.9 Å². The zero-order chi connectivity index (χ0) is 16.3. The summed E-state index contributed by atoms with van der Waals surface area (Å²) in [6.45, 7) is 4.00. The van der Waals surface area contributed by atoms with Crippen molar-refractivity contribution in [3.8, 4) is 5.75 Å². The lowest BCUT2D eigenvalue weighted by molar-refractivity contribution is -0.141. The van der Waals surface area contributed by atoms with E-state index in [1.54, 1.807) is 24.3 Å². The second kappa shape index (κ2) is 6.64. The maximum atomic E-state index is 12.3. The lowest BCUT2D eigenvalue weighted by atomic mass is 9.91. The van der Waals surface area contributed by atoms with Gasteiger partial charge in [-0.25, -0.2) is 0 Å². The molecule has 22 heavy (non-hydrogen) atoms. The summed E-state index contributed by atoms with van der Waals surface area (Å²) in [4.78, 5) is 23.9. The Kier molecular flexibility index (Phi) is 4.85. The summed E-state index contributed by atoms with van der Waals surface area (Å²) in [6.07, 6.45) is 0.660. The van der Waals surface area contributed by atoms with Crippen LogP contribution in [0.1, 0.15) is 38.4 Å². The van der Waals surface area contributed by atoms with Gasteiger partial charge in [-0.3, -0.25) is 9.59 Å². The Morgan fingerprint density at radius 3 is 2.64 bits per heavy atom. The molecule has 1 atom stereocenters. The van der Waals surface area contributed by atoms with Crippen LogP contribution < -0.4 is 5.43 Å². The third-order valence-corrected chi connectivity index (χ3v) is 3.57. The number of carbonyl (C=O) groups is 1. The van der Waals surface area contributed by atoms with Gasteiger partial charge in [-0.1, -0.05) is 26.0 Å². The van der Waals surface area contributed by atoms with Crippen LogP contribution in [0.5, 0.6) is 5.75 Å². The summed E-state index contributed by atoms with van der Waals surface area (Å²) in [6, 6.07) is 6.73. The van der Waals surface area contributed by atoms with Gasteiger partial charge in [-0.2, -0.15) is 0 Å². The first kappa shape index (κ1) is 16.1. The van der Waals surface area contributed by atoms with E-state index in [0.29, 0.717) is 17.4 Å². The quantitative estimate of drug-likeness (QED) is 0.858. The molecule has 0 fully saturated rings. The van der Waals surface area contributed by atoms with Gasteiger partial charge in [0.15, 0.2) is 5.76 Å². The minimum Gasteiger partial charge on any atom is -0.502 e. The number of para-hydroxylation sites is 1. The maximum absolute atomic E-state index is 12.3. The van der Waals surface area contributed by atoms with E-state index in [1.165, 1.54) is 7.11 Å². The predicted octanol–water partition coefficient (Wildman–Crippen LogP) is 3.19. The zero-order valence-corrected chi connectivity index (χ0v) is 13.0. The summed E-state index contributed by atoms with van der Waals surface area (Å²) in [7, 11) is 1.31. The average Bonchev–Trinajstić information content (AvgIpc) is 2.49. The van der Waals surface area contributed by atoms with Crippen LogP contribution in [0.3, 0.4) is 0 Å². The minimum absolute atomic E-state index is 0.0590. The molecule has 1 heterocycles. The van der Waals surface area contributed by atoms with E-state index in [-0.39, 0.29) is 18.1 Å². The summed E-state index contributed by atoms with van der Waals surface area (Å²) in [5, 5.41) is 10.5. The van der Waals surface area contributed by atoms with Crippen molar-refractivity contribution in [2.75, 3.05) is 7.11 Å². The largest absolute Gasteiger partial charge is 0.502 e. The molecule has 1 aromatic heterocycles. The van der Waals surface area contributed by atoms with Gasteiger partial charge >= 0.3 is 5.97 Å². The molecular formula is C17H20O5. The van der Waals surface area contributed by atoms with Crippen LogP contribution in [0.15, 0.2) is 33.5 Å². The number of esters is 1. The van der Waals surface area contributed by atoms with Gasteiger partial charge in [0.1, 0.15) is 5.58 Å². The van der Waals surface area contributed by atoms with E-state index >= 15 is 0 Å². The third-order valence-electron chi connectivity index (χ3n) is 3.57. The van der Waals surface area contributed by atoms with Gasteiger partial charge in [0, 0.05) is 5.92 Å². The topological polar surface area (TPSA) is 76.7 Å². The van der Waals surface area contributed by atoms with Gasteiger partial charge in [-0.05, 0) is 24.5 Å². The fraction of sp³-hybridized carbons (Fsp3) is 0.412. The van der Waals surface area contributed by atoms with E-state index in [1.807, 2.05) is 13.8 Å². The first-order valence-corrected chi connectivity index (χ1v) is 7.25. The Balaban J connectivity index is 2.55. The highest BCUT2D eigenvalue weighted by molar-refractivity contribution is 5.78. The number of hydrogen-bond donors (Lipinski definition) is 1. The molecular weight excluding hydrogens is 284 g/mol. The average molecular weight is 304 g/mol. The smallest absolute Gasteiger partial charge is 0.306 e. The van der Waals surface area contributed by atoms with Crippen LogP contribution in [0.2, 0.25) is 0 Å². The van der Waals surface area contributed by atoms with Crippen LogP contribution in [0.25, 0.3) is 11.0 Å². The van der Waals surface area contributed by atoms with E-state index < -0.39 is 23.1 Å². The summed E-state index contributed by atoms with van der Waals surface area (Å²) >= 11 is 0. The number of carbonyl (C=O) groups excluding carboxylic acids is 1. The molecule has 0 aliphatic rings. The van der Waals surface area contributed by atoms with Crippen molar-refractivity contribution in [2.45, 2.75) is 32.6 Å². The Hall–Kier alpha value is -2.30. The Morgan fingerprint density at radius 2 is 2.00 bits per heavy atom. The number of hydrogen-bond acceptors (Lipinski definition) is 5. The highest BCUT2D eigenvalue weighted by atomic mass is 16.5. The molecule has 2 rings (SSSR count). The molecule has 0 saturated carbocycles. The van der Waals surface area contributed by atoms with Crippen molar-refractivity contribution in [3.05, 3.63) is 40.2 Å². The number of ether oxygens (including phenoxy) is 1. The van der Waals surface area contributed by atoms with Gasteiger partial charge in [0.05, 0.1) is 18.9 Å². The number of rotatable bonds is 5. The predicted molar refractivity (Wildman–Crippen MR) is 83.0 cm³/mol. The SMILES string of the molecule is COC(=O)C[C@@H](CC(C)C)c1oc2ccccc2c(=O)c1O. The molecule has 0 aliphatic carbocycles. The van der Waals surface area contributed by atoms with Crippen molar-refractivity contribution in [1.29, 1.82) is 0 Å². The van der Waals surface area contributed by atoms with Gasteiger partial charge < -0.3 is 14.3 Å². The number of aromatic hydroxyl groups is 1. The molecule has 0 unspecified atom stereocenters. The number of benzene rings is 1. The molecule has 0 radical (unpaired) electrons. The lowest BCUT2D eigenvalue weighted by Gasteiger charge is -2.18. The Morgan fingerprint density at radius 1 is 1.32 bits per heavy atom. The van der Waals surface area contributed by atoms with Crippen LogP contribution in [0, 0.1) is 5.92 Å². The first-order chi connectivity index (χ1) is 10.4.